The highest BCUT2D eigenvalue weighted by atomic mass is 16.6. The Labute approximate surface area is 122 Å². The van der Waals surface area contributed by atoms with Crippen LogP contribution in [0.5, 0.6) is 0 Å². The van der Waals surface area contributed by atoms with Gasteiger partial charge in [-0.15, -0.1) is 0 Å². The van der Waals surface area contributed by atoms with E-state index in [9.17, 15) is 19.7 Å². The molecule has 0 bridgehead atoms. The summed E-state index contributed by atoms with van der Waals surface area (Å²) in [7, 11) is 0. The molecule has 21 heavy (non-hydrogen) atoms. The fraction of sp³-hybridized carbons (Fsp3) is 0.467. The van der Waals surface area contributed by atoms with Gasteiger partial charge in [0.05, 0.1) is 4.92 Å². The Morgan fingerprint density at radius 2 is 2.14 bits per heavy atom. The van der Waals surface area contributed by atoms with E-state index in [-0.39, 0.29) is 29.0 Å². The minimum Gasteiger partial charge on any atom is -0.335 e. The third-order valence-corrected chi connectivity index (χ3v) is 3.74. The van der Waals surface area contributed by atoms with Crippen LogP contribution in [0.1, 0.15) is 42.1 Å². The van der Waals surface area contributed by atoms with Crippen molar-refractivity contribution in [1.82, 2.24) is 4.90 Å². The number of hydrogen-bond donors (Lipinski definition) is 0. The molecule has 0 spiro atoms. The summed E-state index contributed by atoms with van der Waals surface area (Å²) in [6, 6.07) is 4.38. The van der Waals surface area contributed by atoms with E-state index >= 15 is 0 Å². The first-order valence-electron chi connectivity index (χ1n) is 6.95. The van der Waals surface area contributed by atoms with Crippen molar-refractivity contribution in [3.63, 3.8) is 0 Å². The highest BCUT2D eigenvalue weighted by molar-refractivity contribution is 5.99. The number of amides is 1. The Morgan fingerprint density at radius 1 is 1.43 bits per heavy atom. The Kier molecular flexibility index (Phi) is 4.35. The highest BCUT2D eigenvalue weighted by Crippen LogP contribution is 2.27. The van der Waals surface area contributed by atoms with Crippen molar-refractivity contribution < 1.29 is 14.5 Å². The summed E-state index contributed by atoms with van der Waals surface area (Å²) in [6.07, 6.45) is 1.90. The van der Waals surface area contributed by atoms with Gasteiger partial charge in [-0.05, 0) is 38.3 Å². The summed E-state index contributed by atoms with van der Waals surface area (Å²) in [5.41, 5.74) is 0.723. The van der Waals surface area contributed by atoms with Crippen LogP contribution in [-0.2, 0) is 4.79 Å². The first kappa shape index (κ1) is 15.2. The molecular formula is C15H18N2O4. The molecule has 1 fully saturated rings. The molecule has 1 atom stereocenters. The number of nitrogens with zero attached hydrogens (tertiary/aromatic N) is 2. The summed E-state index contributed by atoms with van der Waals surface area (Å²) in [5, 5.41) is 11.1. The van der Waals surface area contributed by atoms with Gasteiger partial charge >= 0.3 is 0 Å². The van der Waals surface area contributed by atoms with E-state index in [0.29, 0.717) is 13.0 Å². The molecule has 0 radical (unpaired) electrons. The van der Waals surface area contributed by atoms with Gasteiger partial charge in [-0.3, -0.25) is 19.7 Å². The van der Waals surface area contributed by atoms with E-state index in [1.165, 1.54) is 13.0 Å². The lowest BCUT2D eigenvalue weighted by Gasteiger charge is -2.24. The van der Waals surface area contributed by atoms with E-state index in [1.54, 1.807) is 24.0 Å². The zero-order valence-electron chi connectivity index (χ0n) is 12.2. The minimum absolute atomic E-state index is 0.0263. The van der Waals surface area contributed by atoms with Crippen LogP contribution in [0.25, 0.3) is 0 Å². The second kappa shape index (κ2) is 6.03. The number of carbonyl (C=O) groups is 2. The van der Waals surface area contributed by atoms with Crippen LogP contribution in [-0.4, -0.2) is 34.1 Å². The molecular weight excluding hydrogens is 272 g/mol. The molecule has 1 aliphatic rings. The molecule has 0 aliphatic carbocycles. The molecule has 1 unspecified atom stereocenters. The molecule has 1 heterocycles. The van der Waals surface area contributed by atoms with Crippen molar-refractivity contribution in [3.8, 4) is 0 Å². The molecule has 0 saturated carbocycles. The molecule has 2 rings (SSSR count). The van der Waals surface area contributed by atoms with Gasteiger partial charge in [-0.25, -0.2) is 0 Å². The molecule has 1 saturated heterocycles. The van der Waals surface area contributed by atoms with E-state index in [2.05, 4.69) is 0 Å². The average Bonchev–Trinajstić information content (AvgIpc) is 2.84. The predicted molar refractivity (Wildman–Crippen MR) is 77.2 cm³/mol. The van der Waals surface area contributed by atoms with Crippen molar-refractivity contribution >= 4 is 17.4 Å². The van der Waals surface area contributed by atoms with Gasteiger partial charge < -0.3 is 4.90 Å². The summed E-state index contributed by atoms with van der Waals surface area (Å²) >= 11 is 0. The van der Waals surface area contributed by atoms with Gasteiger partial charge in [-0.1, -0.05) is 6.07 Å². The molecule has 0 aromatic heterocycles. The average molecular weight is 290 g/mol. The Bertz CT molecular complexity index is 597. The van der Waals surface area contributed by atoms with Gasteiger partial charge in [0.1, 0.15) is 11.3 Å². The smallest absolute Gasteiger partial charge is 0.282 e. The topological polar surface area (TPSA) is 80.5 Å². The fourth-order valence-corrected chi connectivity index (χ4v) is 2.78. The SMILES string of the molecule is CC(=O)CC1CCCN1C(=O)c1cc(C)ccc1[N+](=O)[O-]. The maximum atomic E-state index is 12.6. The van der Waals surface area contributed by atoms with Gasteiger partial charge in [0.15, 0.2) is 0 Å². The Morgan fingerprint density at radius 3 is 2.76 bits per heavy atom. The maximum Gasteiger partial charge on any atom is 0.282 e. The van der Waals surface area contributed by atoms with Crippen LogP contribution in [0.15, 0.2) is 18.2 Å². The molecule has 0 N–H and O–H groups in total. The van der Waals surface area contributed by atoms with Crippen molar-refractivity contribution in [3.05, 3.63) is 39.4 Å². The number of benzene rings is 1. The van der Waals surface area contributed by atoms with Crippen molar-refractivity contribution in [1.29, 1.82) is 0 Å². The first-order valence-corrected chi connectivity index (χ1v) is 6.95. The monoisotopic (exact) mass is 290 g/mol. The quantitative estimate of drug-likeness (QED) is 0.630. The van der Waals surface area contributed by atoms with Crippen LogP contribution >= 0.6 is 0 Å². The zero-order valence-corrected chi connectivity index (χ0v) is 12.2. The lowest BCUT2D eigenvalue weighted by atomic mass is 10.1. The van der Waals surface area contributed by atoms with Gasteiger partial charge in [-0.2, -0.15) is 0 Å². The number of nitro groups is 1. The van der Waals surface area contributed by atoms with E-state index in [1.807, 2.05) is 0 Å². The first-order chi connectivity index (χ1) is 9.90. The molecule has 6 heteroatoms. The fourth-order valence-electron chi connectivity index (χ4n) is 2.78. The highest BCUT2D eigenvalue weighted by Gasteiger charge is 2.33. The van der Waals surface area contributed by atoms with Gasteiger partial charge in [0.2, 0.25) is 0 Å². The Hall–Kier alpha value is -2.24. The van der Waals surface area contributed by atoms with Gasteiger partial charge in [0, 0.05) is 25.1 Å². The van der Waals surface area contributed by atoms with Crippen molar-refractivity contribution in [2.75, 3.05) is 6.54 Å². The minimum atomic E-state index is -0.539. The number of ketones is 1. The number of carbonyl (C=O) groups excluding carboxylic acids is 2. The lowest BCUT2D eigenvalue weighted by Crippen LogP contribution is -2.36. The molecule has 6 nitrogen and oxygen atoms in total. The van der Waals surface area contributed by atoms with Crippen LogP contribution in [0.4, 0.5) is 5.69 Å². The van der Waals surface area contributed by atoms with E-state index < -0.39 is 4.92 Å². The van der Waals surface area contributed by atoms with Crippen LogP contribution in [0, 0.1) is 17.0 Å². The van der Waals surface area contributed by atoms with E-state index in [0.717, 1.165) is 18.4 Å². The molecule has 1 aromatic rings. The molecule has 112 valence electrons. The van der Waals surface area contributed by atoms with Gasteiger partial charge in [0.25, 0.3) is 11.6 Å². The maximum absolute atomic E-state index is 12.6. The number of Topliss-reactive ketones (excluding diaryl/α,β-unsaturated/α-hetero) is 1. The van der Waals surface area contributed by atoms with Crippen LogP contribution in [0.3, 0.4) is 0 Å². The number of aryl methyl sites for hydroxylation is 1. The number of hydrogen-bond acceptors (Lipinski definition) is 4. The second-order valence-corrected chi connectivity index (χ2v) is 5.48. The lowest BCUT2D eigenvalue weighted by molar-refractivity contribution is -0.385. The third-order valence-electron chi connectivity index (χ3n) is 3.74. The zero-order chi connectivity index (χ0) is 15.6. The molecule has 1 amide bonds. The molecule has 1 aromatic carbocycles. The third kappa shape index (κ3) is 3.26. The largest absolute Gasteiger partial charge is 0.335 e. The second-order valence-electron chi connectivity index (χ2n) is 5.48. The summed E-state index contributed by atoms with van der Waals surface area (Å²) in [6.45, 7) is 3.83. The van der Waals surface area contributed by atoms with E-state index in [4.69, 9.17) is 0 Å². The number of likely N-dealkylation sites (tertiary alicyclic amines) is 1. The predicted octanol–water partition coefficient (Wildman–Crippen LogP) is 2.49. The summed E-state index contributed by atoms with van der Waals surface area (Å²) in [5.74, 6) is -0.326. The standard InChI is InChI=1S/C15H18N2O4/c1-10-5-6-14(17(20)21)13(8-10)15(19)16-7-3-4-12(16)9-11(2)18/h5-6,8,12H,3-4,7,9H2,1-2H3. The normalized spacial score (nSPS) is 17.8. The Balaban J connectivity index is 2.33. The van der Waals surface area contributed by atoms with Crippen molar-refractivity contribution in [2.24, 2.45) is 0 Å². The van der Waals surface area contributed by atoms with Crippen LogP contribution in [0.2, 0.25) is 0 Å². The molecule has 1 aliphatic heterocycles. The van der Waals surface area contributed by atoms with Crippen molar-refractivity contribution in [2.45, 2.75) is 39.2 Å². The van der Waals surface area contributed by atoms with Crippen LogP contribution < -0.4 is 0 Å². The number of rotatable bonds is 4. The summed E-state index contributed by atoms with van der Waals surface area (Å²) < 4.78 is 0. The number of nitro benzene ring substituents is 1. The summed E-state index contributed by atoms with van der Waals surface area (Å²) in [4.78, 5) is 36.1.